The molecule has 0 N–H and O–H groups in total. The van der Waals surface area contributed by atoms with Crippen molar-refractivity contribution in [2.45, 2.75) is 27.2 Å². The Morgan fingerprint density at radius 2 is 1.78 bits per heavy atom. The second-order valence-electron chi connectivity index (χ2n) is 4.12. The fraction of sp³-hybridized carbons (Fsp3) is 0.333. The van der Waals surface area contributed by atoms with Gasteiger partial charge in [-0.15, -0.1) is 0 Å². The fourth-order valence-corrected chi connectivity index (χ4v) is 1.66. The molecule has 1 aromatic carbocycles. The van der Waals surface area contributed by atoms with Crippen LogP contribution < -0.4 is 0 Å². The van der Waals surface area contributed by atoms with Crippen LogP contribution in [0, 0.1) is 0 Å². The maximum atomic E-state index is 11.7. The van der Waals surface area contributed by atoms with E-state index in [1.54, 1.807) is 21.0 Å². The van der Waals surface area contributed by atoms with Gasteiger partial charge in [0, 0.05) is 24.6 Å². The lowest BCUT2D eigenvalue weighted by Crippen LogP contribution is -2.05. The molecule has 0 saturated carbocycles. The Morgan fingerprint density at radius 3 is 2.28 bits per heavy atom. The van der Waals surface area contributed by atoms with Gasteiger partial charge in [0.25, 0.3) is 0 Å². The van der Waals surface area contributed by atoms with Crippen molar-refractivity contribution in [3.8, 4) is 0 Å². The molecule has 1 rings (SSSR count). The van der Waals surface area contributed by atoms with Crippen molar-refractivity contribution in [1.82, 2.24) is 0 Å². The van der Waals surface area contributed by atoms with Crippen LogP contribution in [0.15, 0.2) is 46.6 Å². The first-order valence-corrected chi connectivity index (χ1v) is 5.88. The third kappa shape index (κ3) is 4.17. The summed E-state index contributed by atoms with van der Waals surface area (Å²) in [6, 6.07) is 9.89. The number of allylic oxidation sites excluding steroid dienone is 2. The minimum atomic E-state index is 0.0454. The molecule has 0 saturated heterocycles. The zero-order valence-electron chi connectivity index (χ0n) is 11.4. The highest BCUT2D eigenvalue weighted by Gasteiger charge is 2.09. The van der Waals surface area contributed by atoms with Crippen LogP contribution >= 0.6 is 0 Å². The van der Waals surface area contributed by atoms with Crippen LogP contribution in [0.2, 0.25) is 0 Å². The van der Waals surface area contributed by atoms with Gasteiger partial charge in [0.2, 0.25) is 0 Å². The van der Waals surface area contributed by atoms with Crippen molar-refractivity contribution in [1.29, 1.82) is 0 Å². The van der Waals surface area contributed by atoms with Gasteiger partial charge in [0.15, 0.2) is 11.7 Å². The predicted octanol–water partition coefficient (Wildman–Crippen LogP) is 3.16. The summed E-state index contributed by atoms with van der Waals surface area (Å²) in [5.74, 6) is 0.600. The summed E-state index contributed by atoms with van der Waals surface area (Å²) in [7, 11) is 1.57. The Hall–Kier alpha value is -1.90. The maximum Gasteiger partial charge on any atom is 0.184 e. The van der Waals surface area contributed by atoms with Gasteiger partial charge in [-0.3, -0.25) is 4.79 Å². The number of carbonyl (C=O) groups excluding carboxylic acids is 1. The maximum absolute atomic E-state index is 11.7. The van der Waals surface area contributed by atoms with Gasteiger partial charge in [0.1, 0.15) is 0 Å². The second-order valence-corrected chi connectivity index (χ2v) is 4.12. The number of ketones is 1. The quantitative estimate of drug-likeness (QED) is 0.464. The van der Waals surface area contributed by atoms with Gasteiger partial charge >= 0.3 is 0 Å². The van der Waals surface area contributed by atoms with Crippen molar-refractivity contribution < 1.29 is 9.53 Å². The number of hydrogen-bond donors (Lipinski definition) is 0. The molecule has 0 unspecified atom stereocenters. The van der Waals surface area contributed by atoms with Gasteiger partial charge in [-0.05, 0) is 19.4 Å². The largest absolute Gasteiger partial charge is 0.484 e. The molecule has 1 aromatic rings. The number of hydrogen-bond acceptors (Lipinski definition) is 3. The Kier molecular flexibility index (Phi) is 5.31. The monoisotopic (exact) mass is 245 g/mol. The second kappa shape index (κ2) is 6.74. The molecule has 0 aliphatic heterocycles. The van der Waals surface area contributed by atoms with Crippen molar-refractivity contribution in [2.24, 2.45) is 4.99 Å². The Morgan fingerprint density at radius 1 is 1.17 bits per heavy atom. The van der Waals surface area contributed by atoms with Crippen LogP contribution in [0.5, 0.6) is 0 Å². The molecule has 0 aliphatic carbocycles. The van der Waals surface area contributed by atoms with Crippen LogP contribution in [0.3, 0.4) is 0 Å². The summed E-state index contributed by atoms with van der Waals surface area (Å²) in [5.41, 5.74) is 2.54. The molecule has 0 bridgehead atoms. The molecule has 0 heterocycles. The summed E-state index contributed by atoms with van der Waals surface area (Å²) in [6.45, 7) is 5.17. The highest BCUT2D eigenvalue weighted by molar-refractivity contribution is 5.94. The van der Waals surface area contributed by atoms with E-state index in [0.717, 1.165) is 11.1 Å². The predicted molar refractivity (Wildman–Crippen MR) is 73.6 cm³/mol. The molecule has 0 spiro atoms. The molecule has 0 aromatic heterocycles. The topological polar surface area (TPSA) is 38.7 Å². The lowest BCUT2D eigenvalue weighted by atomic mass is 10.0. The van der Waals surface area contributed by atoms with E-state index in [1.807, 2.05) is 37.3 Å². The molecular weight excluding hydrogens is 226 g/mol. The molecule has 18 heavy (non-hydrogen) atoms. The highest BCUT2D eigenvalue weighted by Crippen LogP contribution is 2.14. The number of benzene rings is 1. The van der Waals surface area contributed by atoms with Crippen molar-refractivity contribution in [3.05, 3.63) is 47.2 Å². The Balaban J connectivity index is 3.03. The lowest BCUT2D eigenvalue weighted by molar-refractivity contribution is -0.113. The van der Waals surface area contributed by atoms with Crippen molar-refractivity contribution in [2.75, 3.05) is 7.11 Å². The third-order valence-corrected chi connectivity index (χ3v) is 2.71. The molecule has 0 atom stereocenters. The average Bonchev–Trinajstić information content (AvgIpc) is 2.36. The molecule has 3 nitrogen and oxygen atoms in total. The van der Waals surface area contributed by atoms with E-state index in [4.69, 9.17) is 4.74 Å². The third-order valence-electron chi connectivity index (χ3n) is 2.71. The summed E-state index contributed by atoms with van der Waals surface area (Å²) < 4.78 is 5.01. The number of Topliss-reactive ketones (excluding diaryl/α,β-unsaturated/α-hetero) is 1. The van der Waals surface area contributed by atoms with E-state index in [1.165, 1.54) is 0 Å². The van der Waals surface area contributed by atoms with Crippen LogP contribution in [0.4, 0.5) is 0 Å². The summed E-state index contributed by atoms with van der Waals surface area (Å²) >= 11 is 0. The number of carbonyl (C=O) groups is 1. The fourth-order valence-electron chi connectivity index (χ4n) is 1.66. The van der Waals surface area contributed by atoms with E-state index in [9.17, 15) is 4.79 Å². The number of methoxy groups -OCH3 is 1. The molecule has 96 valence electrons. The van der Waals surface area contributed by atoms with E-state index >= 15 is 0 Å². The smallest absolute Gasteiger partial charge is 0.184 e. The van der Waals surface area contributed by atoms with E-state index in [-0.39, 0.29) is 5.78 Å². The summed E-state index contributed by atoms with van der Waals surface area (Å²) in [5, 5.41) is 0. The minimum absolute atomic E-state index is 0.0454. The first-order chi connectivity index (χ1) is 8.54. The van der Waals surface area contributed by atoms with Gasteiger partial charge in [-0.1, -0.05) is 30.3 Å². The molecule has 0 radical (unpaired) electrons. The van der Waals surface area contributed by atoms with Gasteiger partial charge in [0.05, 0.1) is 7.11 Å². The van der Waals surface area contributed by atoms with Crippen LogP contribution in [-0.4, -0.2) is 18.8 Å². The van der Waals surface area contributed by atoms with Crippen LogP contribution in [0.1, 0.15) is 26.3 Å². The first kappa shape index (κ1) is 14.2. The van der Waals surface area contributed by atoms with Gasteiger partial charge < -0.3 is 4.74 Å². The average molecular weight is 245 g/mol. The minimum Gasteiger partial charge on any atom is -0.484 e. The standard InChI is InChI=1S/C15H19NO2/c1-11(16-13(3)18-4)15(12(2)17)10-14-8-6-5-7-9-14/h5-9H,10H2,1-4H3/b15-11-,16-13?. The summed E-state index contributed by atoms with van der Waals surface area (Å²) in [4.78, 5) is 16.0. The molecule has 0 fully saturated rings. The summed E-state index contributed by atoms with van der Waals surface area (Å²) in [6.07, 6.45) is 0.600. The number of aliphatic imine (C=N–C) groups is 1. The molecular formula is C15H19NO2. The molecule has 3 heteroatoms. The number of nitrogens with zero attached hydrogens (tertiary/aromatic N) is 1. The molecule has 0 amide bonds. The van der Waals surface area contributed by atoms with Crippen molar-refractivity contribution >= 4 is 11.7 Å². The Labute approximate surface area is 108 Å². The SMILES string of the molecule is COC(C)=N/C(C)=C(/Cc1ccccc1)C(C)=O. The van der Waals surface area contributed by atoms with E-state index in [2.05, 4.69) is 4.99 Å². The first-order valence-electron chi connectivity index (χ1n) is 5.88. The highest BCUT2D eigenvalue weighted by atomic mass is 16.5. The van der Waals surface area contributed by atoms with Gasteiger partial charge in [-0.25, -0.2) is 4.99 Å². The molecule has 0 aliphatic rings. The number of ether oxygens (including phenoxy) is 1. The zero-order chi connectivity index (χ0) is 13.5. The van der Waals surface area contributed by atoms with Gasteiger partial charge in [-0.2, -0.15) is 0 Å². The van der Waals surface area contributed by atoms with Crippen LogP contribution in [0.25, 0.3) is 0 Å². The van der Waals surface area contributed by atoms with E-state index < -0.39 is 0 Å². The number of rotatable bonds is 4. The van der Waals surface area contributed by atoms with Crippen LogP contribution in [-0.2, 0) is 16.0 Å². The zero-order valence-corrected chi connectivity index (χ0v) is 11.4. The normalized spacial score (nSPS) is 13.0. The Bertz CT molecular complexity index is 473. The van der Waals surface area contributed by atoms with Crippen molar-refractivity contribution in [3.63, 3.8) is 0 Å². The van der Waals surface area contributed by atoms with E-state index in [0.29, 0.717) is 18.0 Å². The lowest BCUT2D eigenvalue weighted by Gasteiger charge is -2.07.